The molecule has 0 spiro atoms. The van der Waals surface area contributed by atoms with Crippen LogP contribution < -0.4 is 25.9 Å². The van der Waals surface area contributed by atoms with E-state index in [2.05, 4.69) is 20.6 Å². The summed E-state index contributed by atoms with van der Waals surface area (Å²) in [7, 11) is 1.29. The van der Waals surface area contributed by atoms with Gasteiger partial charge in [-0.05, 0) is 48.5 Å². The van der Waals surface area contributed by atoms with E-state index in [0.29, 0.717) is 23.3 Å². The Labute approximate surface area is 195 Å². The van der Waals surface area contributed by atoms with E-state index in [1.807, 2.05) is 5.48 Å². The number of alkyl halides is 3. The Morgan fingerprint density at radius 1 is 0.941 bits per heavy atom. The van der Waals surface area contributed by atoms with Crippen LogP contribution in [0.1, 0.15) is 16.1 Å². The van der Waals surface area contributed by atoms with Gasteiger partial charge in [0, 0.05) is 18.0 Å². The molecule has 0 unspecified atom stereocenters. The number of hydrogen-bond donors (Lipinski definition) is 3. The van der Waals surface area contributed by atoms with Crippen LogP contribution in [0.4, 0.5) is 23.7 Å². The van der Waals surface area contributed by atoms with Crippen molar-refractivity contribution in [2.24, 2.45) is 0 Å². The summed E-state index contributed by atoms with van der Waals surface area (Å²) in [5.74, 6) is -0.0721. The van der Waals surface area contributed by atoms with Crippen LogP contribution in [-0.4, -0.2) is 24.0 Å². The number of pyridine rings is 1. The highest BCUT2D eigenvalue weighted by atomic mass is 35.5. The van der Waals surface area contributed by atoms with E-state index in [0.717, 1.165) is 6.07 Å². The summed E-state index contributed by atoms with van der Waals surface area (Å²) < 4.78 is 44.3. The molecule has 9 nitrogen and oxygen atoms in total. The molecule has 1 aromatic heterocycles. The maximum absolute atomic E-state index is 12.9. The fourth-order valence-corrected chi connectivity index (χ4v) is 2.76. The summed E-state index contributed by atoms with van der Waals surface area (Å²) >= 11 is 5.54. The highest BCUT2D eigenvalue weighted by Gasteiger charge is 2.33. The van der Waals surface area contributed by atoms with Gasteiger partial charge in [0.05, 0.1) is 17.7 Å². The molecule has 2 aromatic carbocycles. The van der Waals surface area contributed by atoms with Gasteiger partial charge in [0.1, 0.15) is 17.2 Å². The smallest absolute Gasteiger partial charge is 0.417 e. The Morgan fingerprint density at radius 3 is 2.32 bits per heavy atom. The third-order valence-electron chi connectivity index (χ3n) is 4.01. The van der Waals surface area contributed by atoms with Crippen LogP contribution in [0.2, 0.25) is 5.02 Å². The molecule has 0 saturated carbocycles. The van der Waals surface area contributed by atoms with Gasteiger partial charge >= 0.3 is 12.2 Å². The summed E-state index contributed by atoms with van der Waals surface area (Å²) in [6.45, 7) is 0. The van der Waals surface area contributed by atoms with Crippen molar-refractivity contribution < 1.29 is 37.2 Å². The molecule has 3 amide bonds. The number of anilines is 1. The number of benzene rings is 2. The molecule has 1 heterocycles. The van der Waals surface area contributed by atoms with Crippen LogP contribution >= 0.6 is 11.6 Å². The first-order chi connectivity index (χ1) is 16.2. The predicted molar refractivity (Wildman–Crippen MR) is 114 cm³/mol. The summed E-state index contributed by atoms with van der Waals surface area (Å²) in [4.78, 5) is 37.1. The Bertz CT molecular complexity index is 1180. The van der Waals surface area contributed by atoms with Crippen molar-refractivity contribution in [3.8, 4) is 17.2 Å². The molecule has 178 valence electrons. The number of carbonyl (C=O) groups excluding carboxylic acids is 2. The maximum Gasteiger partial charge on any atom is 0.417 e. The zero-order valence-corrected chi connectivity index (χ0v) is 18.0. The number of rotatable bonds is 7. The molecule has 0 aliphatic rings. The first-order valence-corrected chi connectivity index (χ1v) is 9.71. The molecular formula is C21H16ClF3N4O5. The molecule has 3 N–H and O–H groups in total. The monoisotopic (exact) mass is 496 g/mol. The number of hydrogen-bond acceptors (Lipinski definition) is 6. The number of nitrogens with one attached hydrogen (secondary N) is 3. The lowest BCUT2D eigenvalue weighted by Crippen LogP contribution is -2.31. The molecule has 34 heavy (non-hydrogen) atoms. The van der Waals surface area contributed by atoms with Gasteiger partial charge in [-0.2, -0.15) is 18.7 Å². The largest absolute Gasteiger partial charge is 0.457 e. The van der Waals surface area contributed by atoms with Crippen molar-refractivity contribution in [1.29, 1.82) is 0 Å². The summed E-state index contributed by atoms with van der Waals surface area (Å²) in [6, 6.07) is 11.1. The molecule has 0 aliphatic heterocycles. The summed E-state index contributed by atoms with van der Waals surface area (Å²) in [5, 5.41) is 1.95. The fourth-order valence-electron chi connectivity index (χ4n) is 2.53. The average Bonchev–Trinajstić information content (AvgIpc) is 2.79. The van der Waals surface area contributed by atoms with E-state index in [-0.39, 0.29) is 11.4 Å². The average molecular weight is 497 g/mol. The number of urea groups is 1. The number of hydroxylamine groups is 2. The van der Waals surface area contributed by atoms with E-state index in [1.54, 1.807) is 18.2 Å². The Balaban J connectivity index is 1.55. The Kier molecular flexibility index (Phi) is 7.76. The number of carbonyl (C=O) groups is 2. The Hall–Kier alpha value is -4.03. The molecule has 0 saturated heterocycles. The van der Waals surface area contributed by atoms with E-state index in [9.17, 15) is 22.8 Å². The second-order valence-electron chi connectivity index (χ2n) is 6.44. The predicted octanol–water partition coefficient (Wildman–Crippen LogP) is 4.95. The highest BCUT2D eigenvalue weighted by molar-refractivity contribution is 6.31. The van der Waals surface area contributed by atoms with Gasteiger partial charge in [-0.15, -0.1) is 0 Å². The van der Waals surface area contributed by atoms with E-state index in [4.69, 9.17) is 21.2 Å². The molecule has 3 aromatic rings. The lowest BCUT2D eigenvalue weighted by molar-refractivity contribution is -0.137. The van der Waals surface area contributed by atoms with Gasteiger partial charge in [0.2, 0.25) is 0 Å². The number of ether oxygens (including phenoxy) is 1. The quantitative estimate of drug-likeness (QED) is 0.399. The Morgan fingerprint density at radius 2 is 1.65 bits per heavy atom. The number of nitrogens with zero attached hydrogens (tertiary/aromatic N) is 1. The molecule has 0 aliphatic carbocycles. The van der Waals surface area contributed by atoms with Gasteiger partial charge in [-0.1, -0.05) is 11.6 Å². The molecule has 0 atom stereocenters. The lowest BCUT2D eigenvalue weighted by atomic mass is 10.2. The minimum absolute atomic E-state index is 0.0809. The number of halogens is 4. The standard InChI is InChI=1S/C21H16ClF3N4O5/c1-32-28-19(30)18-11-14(8-9-26-18)33-13-4-2-12(3-5-13)27-20(31)29-34-15-6-7-17(22)16(10-15)21(23,24)25/h2-11H,1H3,(H,28,30)(H2,27,29,31). The lowest BCUT2D eigenvalue weighted by Gasteiger charge is -2.12. The third-order valence-corrected chi connectivity index (χ3v) is 4.34. The number of aromatic nitrogens is 1. The van der Waals surface area contributed by atoms with E-state index >= 15 is 0 Å². The van der Waals surface area contributed by atoms with Crippen molar-refractivity contribution in [2.75, 3.05) is 12.4 Å². The van der Waals surface area contributed by atoms with Crippen molar-refractivity contribution in [3.63, 3.8) is 0 Å². The molecule has 13 heteroatoms. The van der Waals surface area contributed by atoms with Crippen LogP contribution in [-0.2, 0) is 11.0 Å². The van der Waals surface area contributed by atoms with Crippen LogP contribution in [0.3, 0.4) is 0 Å². The van der Waals surface area contributed by atoms with Crippen molar-refractivity contribution in [1.82, 2.24) is 15.9 Å². The van der Waals surface area contributed by atoms with Gasteiger partial charge in [0.15, 0.2) is 5.75 Å². The molecule has 0 bridgehead atoms. The second kappa shape index (κ2) is 10.7. The summed E-state index contributed by atoms with van der Waals surface area (Å²) in [5.41, 5.74) is 3.45. The maximum atomic E-state index is 12.9. The van der Waals surface area contributed by atoms with Crippen LogP contribution in [0.5, 0.6) is 17.2 Å². The molecule has 3 rings (SSSR count). The van der Waals surface area contributed by atoms with E-state index < -0.39 is 28.7 Å². The molecule has 0 fully saturated rings. The minimum atomic E-state index is -4.67. The molecular weight excluding hydrogens is 481 g/mol. The normalized spacial score (nSPS) is 10.9. The third kappa shape index (κ3) is 6.73. The molecule has 0 radical (unpaired) electrons. The van der Waals surface area contributed by atoms with Crippen LogP contribution in [0, 0.1) is 0 Å². The summed E-state index contributed by atoms with van der Waals surface area (Å²) in [6.07, 6.45) is -3.28. The van der Waals surface area contributed by atoms with Crippen molar-refractivity contribution in [2.45, 2.75) is 6.18 Å². The van der Waals surface area contributed by atoms with Gasteiger partial charge in [0.25, 0.3) is 5.91 Å². The van der Waals surface area contributed by atoms with E-state index in [1.165, 1.54) is 37.6 Å². The van der Waals surface area contributed by atoms with Crippen molar-refractivity contribution >= 4 is 29.2 Å². The zero-order valence-electron chi connectivity index (χ0n) is 17.3. The van der Waals surface area contributed by atoms with Crippen molar-refractivity contribution in [3.05, 3.63) is 77.1 Å². The highest BCUT2D eigenvalue weighted by Crippen LogP contribution is 2.36. The first kappa shape index (κ1) is 24.6. The van der Waals surface area contributed by atoms with Crippen LogP contribution in [0.15, 0.2) is 60.8 Å². The first-order valence-electron chi connectivity index (χ1n) is 9.33. The number of amides is 3. The SMILES string of the molecule is CONC(=O)c1cc(Oc2ccc(NC(=O)NOc3ccc(Cl)c(C(F)(F)F)c3)cc2)ccn1. The van der Waals surface area contributed by atoms with Crippen LogP contribution in [0.25, 0.3) is 0 Å². The zero-order chi connectivity index (χ0) is 24.7. The minimum Gasteiger partial charge on any atom is -0.457 e. The second-order valence-corrected chi connectivity index (χ2v) is 6.84. The fraction of sp³-hybridized carbons (Fsp3) is 0.0952. The topological polar surface area (TPSA) is 111 Å². The van der Waals surface area contributed by atoms with Gasteiger partial charge in [-0.3, -0.25) is 14.6 Å². The van der Waals surface area contributed by atoms with Gasteiger partial charge in [-0.25, -0.2) is 10.3 Å². The van der Waals surface area contributed by atoms with Gasteiger partial charge < -0.3 is 14.9 Å².